The summed E-state index contributed by atoms with van der Waals surface area (Å²) < 4.78 is 5.74. The number of nitrogens with one attached hydrogen (secondary N) is 2. The van der Waals surface area contributed by atoms with Gasteiger partial charge >= 0.3 is 0 Å². The molecule has 2 aromatic rings. The Morgan fingerprint density at radius 3 is 2.76 bits per heavy atom. The number of aryl methyl sites for hydroxylation is 1. The number of ketones is 1. The fourth-order valence-electron chi connectivity index (χ4n) is 3.32. The molecule has 1 aromatic carbocycles. The molecular weight excluding hydrogens is 264 g/mol. The van der Waals surface area contributed by atoms with Gasteiger partial charge in [0.25, 0.3) is 0 Å². The molecule has 1 aliphatic heterocycles. The van der Waals surface area contributed by atoms with Crippen molar-refractivity contribution in [1.29, 1.82) is 0 Å². The van der Waals surface area contributed by atoms with Crippen LogP contribution in [-0.4, -0.2) is 42.6 Å². The Labute approximate surface area is 125 Å². The number of H-pyrrole nitrogens is 1. The average Bonchev–Trinajstić information content (AvgIpc) is 2.80. The zero-order valence-corrected chi connectivity index (χ0v) is 12.9. The number of Topliss-reactive ketones (excluding diaryl/α,β-unsaturated/α-hetero) is 1. The first kappa shape index (κ1) is 14.3. The van der Waals surface area contributed by atoms with Crippen LogP contribution < -0.4 is 4.90 Å². The number of carbonyl (C=O) groups is 1. The highest BCUT2D eigenvalue weighted by molar-refractivity contribution is 6.08. The number of carbonyl (C=O) groups excluding carboxylic acids is 1. The van der Waals surface area contributed by atoms with Crippen molar-refractivity contribution < 1.29 is 14.4 Å². The van der Waals surface area contributed by atoms with E-state index in [0.29, 0.717) is 6.54 Å². The van der Waals surface area contributed by atoms with E-state index in [9.17, 15) is 4.79 Å². The van der Waals surface area contributed by atoms with Gasteiger partial charge in [-0.2, -0.15) is 0 Å². The van der Waals surface area contributed by atoms with E-state index in [-0.39, 0.29) is 18.0 Å². The summed E-state index contributed by atoms with van der Waals surface area (Å²) in [4.78, 5) is 17.1. The summed E-state index contributed by atoms with van der Waals surface area (Å²) in [6.07, 6.45) is 2.29. The molecule has 2 heterocycles. The fourth-order valence-corrected chi connectivity index (χ4v) is 3.32. The topological polar surface area (TPSA) is 46.5 Å². The molecular formula is C17H23N2O2+. The predicted molar refractivity (Wildman–Crippen MR) is 82.9 cm³/mol. The number of benzene rings is 1. The molecule has 4 nitrogen and oxygen atoms in total. The van der Waals surface area contributed by atoms with Crippen LogP contribution >= 0.6 is 0 Å². The van der Waals surface area contributed by atoms with E-state index < -0.39 is 0 Å². The van der Waals surface area contributed by atoms with Crippen molar-refractivity contribution in [3.63, 3.8) is 0 Å². The molecule has 4 heteroatoms. The van der Waals surface area contributed by atoms with E-state index in [1.807, 2.05) is 12.3 Å². The maximum Gasteiger partial charge on any atom is 0.219 e. The first-order chi connectivity index (χ1) is 10.0. The molecule has 1 aliphatic rings. The monoisotopic (exact) mass is 287 g/mol. The van der Waals surface area contributed by atoms with Crippen molar-refractivity contribution in [2.45, 2.75) is 33.0 Å². The molecule has 1 aromatic heterocycles. The van der Waals surface area contributed by atoms with Crippen molar-refractivity contribution in [2.24, 2.45) is 0 Å². The molecule has 21 heavy (non-hydrogen) atoms. The Morgan fingerprint density at radius 1 is 1.33 bits per heavy atom. The van der Waals surface area contributed by atoms with Gasteiger partial charge in [-0.25, -0.2) is 0 Å². The SMILES string of the molecule is Cc1ccc2[nH]cc(C(=O)C[NH+]3C[C@@H](C)O[C@@H](C)C3)c2c1. The summed E-state index contributed by atoms with van der Waals surface area (Å²) in [5, 5.41) is 1.04. The third kappa shape index (κ3) is 3.01. The number of hydrogen-bond acceptors (Lipinski definition) is 2. The molecule has 1 saturated heterocycles. The highest BCUT2D eigenvalue weighted by Crippen LogP contribution is 2.19. The van der Waals surface area contributed by atoms with Crippen LogP contribution in [0.25, 0.3) is 10.9 Å². The highest BCUT2D eigenvalue weighted by atomic mass is 16.5. The first-order valence-corrected chi connectivity index (χ1v) is 7.63. The van der Waals surface area contributed by atoms with Crippen molar-refractivity contribution >= 4 is 16.7 Å². The molecule has 3 rings (SSSR count). The van der Waals surface area contributed by atoms with Crippen LogP contribution in [0, 0.1) is 6.92 Å². The standard InChI is InChI=1S/C17H22N2O2/c1-11-4-5-16-14(6-11)15(7-18-16)17(20)10-19-8-12(2)21-13(3)9-19/h4-7,12-13,18H,8-10H2,1-3H3/p+1/t12-,13+. The summed E-state index contributed by atoms with van der Waals surface area (Å²) >= 11 is 0. The fraction of sp³-hybridized carbons (Fsp3) is 0.471. The lowest BCUT2D eigenvalue weighted by molar-refractivity contribution is -0.906. The molecule has 0 spiro atoms. The quantitative estimate of drug-likeness (QED) is 0.837. The van der Waals surface area contributed by atoms with E-state index in [4.69, 9.17) is 4.74 Å². The Bertz CT molecular complexity index is 652. The summed E-state index contributed by atoms with van der Waals surface area (Å²) in [5.41, 5.74) is 3.02. The van der Waals surface area contributed by atoms with Gasteiger partial charge in [0.15, 0.2) is 0 Å². The smallest absolute Gasteiger partial charge is 0.219 e. The zero-order chi connectivity index (χ0) is 15.0. The Hall–Kier alpha value is -1.65. The van der Waals surface area contributed by atoms with Crippen molar-refractivity contribution in [3.05, 3.63) is 35.5 Å². The second-order valence-corrected chi connectivity index (χ2v) is 6.27. The number of ether oxygens (including phenoxy) is 1. The summed E-state index contributed by atoms with van der Waals surface area (Å²) in [5.74, 6) is 0.211. The summed E-state index contributed by atoms with van der Waals surface area (Å²) in [6, 6.07) is 6.18. The van der Waals surface area contributed by atoms with Crippen LogP contribution in [0.5, 0.6) is 0 Å². The van der Waals surface area contributed by atoms with E-state index in [1.165, 1.54) is 10.5 Å². The van der Waals surface area contributed by atoms with Gasteiger partial charge in [0.2, 0.25) is 5.78 Å². The maximum atomic E-state index is 12.6. The van der Waals surface area contributed by atoms with Gasteiger partial charge in [0, 0.05) is 22.7 Å². The lowest BCUT2D eigenvalue weighted by Crippen LogP contribution is -3.16. The van der Waals surface area contributed by atoms with Gasteiger partial charge in [0.05, 0.1) is 0 Å². The second-order valence-electron chi connectivity index (χ2n) is 6.27. The van der Waals surface area contributed by atoms with Crippen molar-refractivity contribution in [3.8, 4) is 0 Å². The van der Waals surface area contributed by atoms with E-state index in [1.54, 1.807) is 0 Å². The number of fused-ring (bicyclic) bond motifs is 1. The van der Waals surface area contributed by atoms with Gasteiger partial charge in [-0.15, -0.1) is 0 Å². The van der Waals surface area contributed by atoms with Crippen molar-refractivity contribution in [2.75, 3.05) is 19.6 Å². The van der Waals surface area contributed by atoms with Gasteiger partial charge in [-0.05, 0) is 32.9 Å². The van der Waals surface area contributed by atoms with Gasteiger partial charge in [-0.1, -0.05) is 11.6 Å². The maximum absolute atomic E-state index is 12.6. The number of morpholine rings is 1. The number of quaternary nitrogens is 1. The molecule has 0 amide bonds. The molecule has 0 aliphatic carbocycles. The summed E-state index contributed by atoms with van der Waals surface area (Å²) in [6.45, 7) is 8.55. The Kier molecular flexibility index (Phi) is 3.83. The minimum absolute atomic E-state index is 0.211. The Morgan fingerprint density at radius 2 is 2.05 bits per heavy atom. The van der Waals surface area contributed by atoms with Crippen LogP contribution in [-0.2, 0) is 4.74 Å². The number of aromatic amines is 1. The molecule has 0 saturated carbocycles. The lowest BCUT2D eigenvalue weighted by atomic mass is 10.1. The predicted octanol–water partition coefficient (Wildman–Crippen LogP) is 1.35. The van der Waals surface area contributed by atoms with Crippen LogP contribution in [0.3, 0.4) is 0 Å². The zero-order valence-electron chi connectivity index (χ0n) is 12.9. The molecule has 1 unspecified atom stereocenters. The third-order valence-corrected chi connectivity index (χ3v) is 4.17. The third-order valence-electron chi connectivity index (χ3n) is 4.17. The van der Waals surface area contributed by atoms with Crippen molar-refractivity contribution in [1.82, 2.24) is 4.98 Å². The highest BCUT2D eigenvalue weighted by Gasteiger charge is 2.28. The molecule has 0 bridgehead atoms. The molecule has 2 N–H and O–H groups in total. The van der Waals surface area contributed by atoms with Crippen LogP contribution in [0.15, 0.2) is 24.4 Å². The minimum Gasteiger partial charge on any atom is -0.364 e. The Balaban J connectivity index is 1.79. The lowest BCUT2D eigenvalue weighted by Gasteiger charge is -2.31. The van der Waals surface area contributed by atoms with E-state index >= 15 is 0 Å². The van der Waals surface area contributed by atoms with Gasteiger partial charge in [0.1, 0.15) is 31.8 Å². The van der Waals surface area contributed by atoms with Crippen LogP contribution in [0.2, 0.25) is 0 Å². The van der Waals surface area contributed by atoms with Crippen LogP contribution in [0.1, 0.15) is 29.8 Å². The van der Waals surface area contributed by atoms with Gasteiger partial charge in [-0.3, -0.25) is 4.79 Å². The normalized spacial score (nSPS) is 26.1. The van der Waals surface area contributed by atoms with E-state index in [2.05, 4.69) is 37.9 Å². The van der Waals surface area contributed by atoms with E-state index in [0.717, 1.165) is 29.6 Å². The number of hydrogen-bond donors (Lipinski definition) is 2. The molecule has 3 atom stereocenters. The first-order valence-electron chi connectivity index (χ1n) is 7.63. The number of aromatic nitrogens is 1. The average molecular weight is 287 g/mol. The second kappa shape index (κ2) is 5.62. The minimum atomic E-state index is 0.211. The van der Waals surface area contributed by atoms with Gasteiger partial charge < -0.3 is 14.6 Å². The number of rotatable bonds is 3. The summed E-state index contributed by atoms with van der Waals surface area (Å²) in [7, 11) is 0. The largest absolute Gasteiger partial charge is 0.364 e. The molecule has 0 radical (unpaired) electrons. The molecule has 112 valence electrons. The van der Waals surface area contributed by atoms with Crippen LogP contribution in [0.4, 0.5) is 0 Å². The molecule has 1 fully saturated rings.